The van der Waals surface area contributed by atoms with Gasteiger partial charge in [-0.25, -0.2) is 0 Å². The van der Waals surface area contributed by atoms with E-state index in [0.29, 0.717) is 49.9 Å². The number of hydrogen-bond donors (Lipinski definition) is 0. The molecule has 8 heteroatoms. The van der Waals surface area contributed by atoms with Gasteiger partial charge in [0.15, 0.2) is 17.3 Å². The lowest BCUT2D eigenvalue weighted by molar-refractivity contribution is 0.101. The molecule has 34 heavy (non-hydrogen) atoms. The first-order chi connectivity index (χ1) is 16.3. The maximum atomic E-state index is 13.1. The van der Waals surface area contributed by atoms with Gasteiger partial charge in [0.2, 0.25) is 11.5 Å². The topological polar surface area (TPSA) is 63.2 Å². The maximum Gasteiger partial charge on any atom is 0.232 e. The lowest BCUT2D eigenvalue weighted by Gasteiger charge is -2.13. The average Bonchev–Trinajstić information content (AvgIpc) is 3.14. The van der Waals surface area contributed by atoms with Crippen LogP contribution in [0.1, 0.15) is 27.0 Å². The van der Waals surface area contributed by atoms with E-state index >= 15 is 0 Å². The van der Waals surface area contributed by atoms with Gasteiger partial charge in [0.25, 0.3) is 0 Å². The molecule has 0 saturated carbocycles. The van der Waals surface area contributed by atoms with Gasteiger partial charge < -0.3 is 23.7 Å². The van der Waals surface area contributed by atoms with Crippen LogP contribution in [0, 0.1) is 6.92 Å². The highest BCUT2D eigenvalue weighted by Gasteiger charge is 2.30. The molecule has 0 fully saturated rings. The van der Waals surface area contributed by atoms with Gasteiger partial charge in [-0.3, -0.25) is 4.79 Å². The zero-order chi connectivity index (χ0) is 24.4. The summed E-state index contributed by atoms with van der Waals surface area (Å²) in [6.07, 6.45) is 1.64. The number of Topliss-reactive ketones (excluding diaryl/α,β-unsaturated/α-hetero) is 1. The van der Waals surface area contributed by atoms with E-state index in [9.17, 15) is 4.79 Å². The van der Waals surface area contributed by atoms with Crippen molar-refractivity contribution in [1.29, 1.82) is 0 Å². The number of fused-ring (bicyclic) bond motifs is 1. The van der Waals surface area contributed by atoms with E-state index in [4.69, 9.17) is 46.9 Å². The molecule has 0 unspecified atom stereocenters. The van der Waals surface area contributed by atoms with Crippen LogP contribution in [0.5, 0.6) is 28.7 Å². The Hall–Kier alpha value is -3.35. The molecule has 1 aliphatic heterocycles. The predicted octanol–water partition coefficient (Wildman–Crippen LogP) is 6.52. The third-order valence-electron chi connectivity index (χ3n) is 5.32. The number of benzene rings is 3. The summed E-state index contributed by atoms with van der Waals surface area (Å²) >= 11 is 12.0. The minimum absolute atomic E-state index is 0.189. The van der Waals surface area contributed by atoms with Crippen molar-refractivity contribution in [3.05, 3.63) is 80.5 Å². The van der Waals surface area contributed by atoms with E-state index in [0.717, 1.165) is 11.1 Å². The largest absolute Gasteiger partial charge is 0.493 e. The second-order valence-corrected chi connectivity index (χ2v) is 8.36. The Labute approximate surface area is 207 Å². The standard InChI is InChI=1S/C26H22Cl2O6/c1-14-7-17(33-13-15-5-6-18(27)19(28)8-15)12-20-24(14)25(29)21(34-20)9-16-10-22(30-2)26(32-4)23(11-16)31-3/h5-12H,13H2,1-4H3/b21-9-. The van der Waals surface area contributed by atoms with E-state index < -0.39 is 0 Å². The van der Waals surface area contributed by atoms with E-state index in [1.807, 2.05) is 13.0 Å². The summed E-state index contributed by atoms with van der Waals surface area (Å²) in [6.45, 7) is 2.13. The third kappa shape index (κ3) is 4.65. The number of ketones is 1. The molecule has 1 heterocycles. The van der Waals surface area contributed by atoms with Gasteiger partial charge >= 0.3 is 0 Å². The Morgan fingerprint density at radius 1 is 0.912 bits per heavy atom. The number of ether oxygens (including phenoxy) is 5. The highest BCUT2D eigenvalue weighted by Crippen LogP contribution is 2.41. The Bertz CT molecular complexity index is 1270. The molecule has 0 amide bonds. The lowest BCUT2D eigenvalue weighted by Crippen LogP contribution is -2.01. The van der Waals surface area contributed by atoms with Crippen LogP contribution in [0.25, 0.3) is 6.08 Å². The Balaban J connectivity index is 1.59. The Morgan fingerprint density at radius 3 is 2.24 bits per heavy atom. The van der Waals surface area contributed by atoms with E-state index in [-0.39, 0.29) is 18.1 Å². The number of allylic oxidation sites excluding steroid dienone is 1. The summed E-state index contributed by atoms with van der Waals surface area (Å²) in [6, 6.07) is 12.3. The second-order valence-electron chi connectivity index (χ2n) is 7.55. The minimum atomic E-state index is -0.211. The normalized spacial score (nSPS) is 13.5. The van der Waals surface area contributed by atoms with Crippen LogP contribution in [0.4, 0.5) is 0 Å². The van der Waals surface area contributed by atoms with Gasteiger partial charge in [0.1, 0.15) is 18.1 Å². The lowest BCUT2D eigenvalue weighted by atomic mass is 10.0. The molecule has 176 valence electrons. The van der Waals surface area contributed by atoms with Crippen LogP contribution in [-0.2, 0) is 6.61 Å². The van der Waals surface area contributed by atoms with Gasteiger partial charge in [-0.05, 0) is 60.0 Å². The summed E-state index contributed by atoms with van der Waals surface area (Å²) in [5.41, 5.74) is 2.78. The molecule has 0 aromatic heterocycles. The van der Waals surface area contributed by atoms with Crippen LogP contribution >= 0.6 is 23.2 Å². The van der Waals surface area contributed by atoms with Crippen molar-refractivity contribution >= 4 is 35.1 Å². The molecule has 0 aliphatic carbocycles. The van der Waals surface area contributed by atoms with Crippen molar-refractivity contribution < 1.29 is 28.5 Å². The Morgan fingerprint density at radius 2 is 1.62 bits per heavy atom. The predicted molar refractivity (Wildman–Crippen MR) is 131 cm³/mol. The second kappa shape index (κ2) is 9.87. The van der Waals surface area contributed by atoms with Crippen molar-refractivity contribution in [2.75, 3.05) is 21.3 Å². The SMILES string of the molecule is COc1cc(/C=C2\Oc3cc(OCc4ccc(Cl)c(Cl)c4)cc(C)c3C2=O)cc(OC)c1OC. The van der Waals surface area contributed by atoms with Crippen LogP contribution in [0.2, 0.25) is 10.0 Å². The molecule has 0 radical (unpaired) electrons. The minimum Gasteiger partial charge on any atom is -0.493 e. The Kier molecular flexibility index (Phi) is 6.91. The van der Waals surface area contributed by atoms with Crippen LogP contribution in [-0.4, -0.2) is 27.1 Å². The number of carbonyl (C=O) groups is 1. The molecule has 0 saturated heterocycles. The fraction of sp³-hybridized carbons (Fsp3) is 0.192. The van der Waals surface area contributed by atoms with E-state index in [2.05, 4.69) is 0 Å². The fourth-order valence-corrected chi connectivity index (χ4v) is 4.01. The molecular formula is C26H22Cl2O6. The summed E-state index contributed by atoms with van der Waals surface area (Å²) in [5.74, 6) is 2.41. The first-order valence-corrected chi connectivity index (χ1v) is 11.1. The van der Waals surface area contributed by atoms with Crippen molar-refractivity contribution in [3.8, 4) is 28.7 Å². The number of carbonyl (C=O) groups excluding carboxylic acids is 1. The van der Waals surface area contributed by atoms with Gasteiger partial charge in [-0.15, -0.1) is 0 Å². The fourth-order valence-electron chi connectivity index (χ4n) is 3.69. The summed E-state index contributed by atoms with van der Waals surface area (Å²) in [5, 5.41) is 0.945. The molecule has 6 nitrogen and oxygen atoms in total. The smallest absolute Gasteiger partial charge is 0.232 e. The highest BCUT2D eigenvalue weighted by atomic mass is 35.5. The number of rotatable bonds is 7. The van der Waals surface area contributed by atoms with Gasteiger partial charge in [-0.2, -0.15) is 0 Å². The molecule has 0 N–H and O–H groups in total. The molecule has 3 aromatic rings. The highest BCUT2D eigenvalue weighted by molar-refractivity contribution is 6.42. The molecule has 3 aromatic carbocycles. The summed E-state index contributed by atoms with van der Waals surface area (Å²) in [4.78, 5) is 13.1. The summed E-state index contributed by atoms with van der Waals surface area (Å²) in [7, 11) is 4.59. The van der Waals surface area contributed by atoms with Crippen LogP contribution in [0.15, 0.2) is 48.2 Å². The van der Waals surface area contributed by atoms with Gasteiger partial charge in [0.05, 0.1) is 36.9 Å². The van der Waals surface area contributed by atoms with Crippen molar-refractivity contribution in [2.45, 2.75) is 13.5 Å². The number of aryl methyl sites for hydroxylation is 1. The maximum absolute atomic E-state index is 13.1. The zero-order valence-corrected chi connectivity index (χ0v) is 20.5. The molecule has 1 aliphatic rings. The van der Waals surface area contributed by atoms with Crippen molar-refractivity contribution in [2.24, 2.45) is 0 Å². The number of hydrogen-bond acceptors (Lipinski definition) is 6. The third-order valence-corrected chi connectivity index (χ3v) is 6.06. The molecule has 4 rings (SSSR count). The average molecular weight is 501 g/mol. The molecule has 0 spiro atoms. The summed E-state index contributed by atoms with van der Waals surface area (Å²) < 4.78 is 28.0. The number of methoxy groups -OCH3 is 3. The van der Waals surface area contributed by atoms with Crippen LogP contribution in [0.3, 0.4) is 0 Å². The molecular weight excluding hydrogens is 479 g/mol. The first kappa shape index (κ1) is 23.8. The molecule has 0 bridgehead atoms. The first-order valence-electron chi connectivity index (χ1n) is 10.3. The van der Waals surface area contributed by atoms with Crippen molar-refractivity contribution in [1.82, 2.24) is 0 Å². The monoisotopic (exact) mass is 500 g/mol. The zero-order valence-electron chi connectivity index (χ0n) is 19.0. The molecule has 0 atom stereocenters. The van der Waals surface area contributed by atoms with Gasteiger partial charge in [0, 0.05) is 6.07 Å². The van der Waals surface area contributed by atoms with Crippen LogP contribution < -0.4 is 23.7 Å². The quantitative estimate of drug-likeness (QED) is 0.344. The van der Waals surface area contributed by atoms with Crippen molar-refractivity contribution in [3.63, 3.8) is 0 Å². The van der Waals surface area contributed by atoms with Gasteiger partial charge in [-0.1, -0.05) is 29.3 Å². The van der Waals surface area contributed by atoms with E-state index in [1.165, 1.54) is 21.3 Å². The van der Waals surface area contributed by atoms with E-state index in [1.54, 1.807) is 42.5 Å². The number of halogens is 2.